The Hall–Kier alpha value is -7.44. The molecule has 0 fully saturated rings. The van der Waals surface area contributed by atoms with Gasteiger partial charge in [0, 0.05) is 33.0 Å². The number of aromatic nitrogens is 4. The number of para-hydroxylation sites is 1. The van der Waals surface area contributed by atoms with Crippen molar-refractivity contribution in [2.45, 2.75) is 0 Å². The molecule has 0 unspecified atom stereocenters. The Morgan fingerprint density at radius 1 is 0.296 bits per heavy atom. The Morgan fingerprint density at radius 3 is 1.41 bits per heavy atom. The molecule has 3 aromatic heterocycles. The molecule has 0 aliphatic carbocycles. The minimum absolute atomic E-state index is 0.549. The lowest BCUT2D eigenvalue weighted by atomic mass is 9.88. The molecule has 0 atom stereocenters. The highest BCUT2D eigenvalue weighted by Crippen LogP contribution is 2.44. The van der Waals surface area contributed by atoms with Crippen molar-refractivity contribution in [3.63, 3.8) is 0 Å². The molecule has 0 amide bonds. The van der Waals surface area contributed by atoms with E-state index in [4.69, 9.17) is 28.8 Å². The molecule has 0 saturated carbocycles. The lowest BCUT2D eigenvalue weighted by Crippen LogP contribution is -2.01. The van der Waals surface area contributed by atoms with Crippen LogP contribution in [0.5, 0.6) is 0 Å². The third-order valence-electron chi connectivity index (χ3n) is 10.2. The van der Waals surface area contributed by atoms with Crippen LogP contribution in [0.25, 0.3) is 111 Å². The molecule has 0 radical (unpaired) electrons. The minimum atomic E-state index is 0.549. The van der Waals surface area contributed by atoms with Gasteiger partial charge in [-0.2, -0.15) is 0 Å². The molecule has 0 saturated heterocycles. The summed E-state index contributed by atoms with van der Waals surface area (Å²) in [4.78, 5) is 20.2. The lowest BCUT2D eigenvalue weighted by molar-refractivity contribution is 0.620. The first-order chi connectivity index (χ1) is 26.8. The molecule has 0 bridgehead atoms. The van der Waals surface area contributed by atoms with Crippen molar-refractivity contribution in [2.24, 2.45) is 0 Å². The Labute approximate surface area is 309 Å². The maximum Gasteiger partial charge on any atom is 0.227 e. The molecule has 3 heterocycles. The van der Waals surface area contributed by atoms with Crippen molar-refractivity contribution in [1.82, 2.24) is 19.9 Å². The summed E-state index contributed by atoms with van der Waals surface area (Å²) in [5, 5.41) is 6.44. The Kier molecular flexibility index (Phi) is 6.75. The topological polar surface area (TPSA) is 77.8 Å². The average Bonchev–Trinajstić information content (AvgIpc) is 3.86. The maximum absolute atomic E-state index is 6.30. The fourth-order valence-corrected chi connectivity index (χ4v) is 7.68. The van der Waals surface area contributed by atoms with Crippen LogP contribution in [0.4, 0.5) is 0 Å². The third kappa shape index (κ3) is 4.81. The van der Waals surface area contributed by atoms with Gasteiger partial charge in [0.15, 0.2) is 34.2 Å². The maximum atomic E-state index is 6.30. The quantitative estimate of drug-likeness (QED) is 0.167. The molecular formula is C48H28N4O2. The first-order valence-corrected chi connectivity index (χ1v) is 17.9. The number of fused-ring (bicyclic) bond motifs is 7. The Morgan fingerprint density at radius 2 is 0.796 bits per heavy atom. The van der Waals surface area contributed by atoms with Crippen molar-refractivity contribution < 1.29 is 8.83 Å². The van der Waals surface area contributed by atoms with Crippen LogP contribution in [0.15, 0.2) is 179 Å². The van der Waals surface area contributed by atoms with Crippen molar-refractivity contribution in [3.05, 3.63) is 170 Å². The van der Waals surface area contributed by atoms with Crippen molar-refractivity contribution in [2.75, 3.05) is 0 Å². The number of rotatable bonds is 5. The molecule has 11 rings (SSSR count). The van der Waals surface area contributed by atoms with Crippen molar-refractivity contribution in [1.29, 1.82) is 0 Å². The zero-order valence-electron chi connectivity index (χ0n) is 28.8. The Bertz CT molecular complexity index is 3090. The van der Waals surface area contributed by atoms with E-state index in [1.165, 1.54) is 0 Å². The molecule has 11 aromatic rings. The van der Waals surface area contributed by atoms with Crippen LogP contribution < -0.4 is 0 Å². The summed E-state index contributed by atoms with van der Waals surface area (Å²) in [7, 11) is 0. The van der Waals surface area contributed by atoms with Crippen LogP contribution in [0.3, 0.4) is 0 Å². The molecular weight excluding hydrogens is 665 g/mol. The van der Waals surface area contributed by atoms with Crippen LogP contribution in [-0.4, -0.2) is 19.9 Å². The fourth-order valence-electron chi connectivity index (χ4n) is 7.68. The summed E-state index contributed by atoms with van der Waals surface area (Å²) >= 11 is 0. The molecule has 0 aliphatic heterocycles. The Balaban J connectivity index is 1.08. The highest BCUT2D eigenvalue weighted by atomic mass is 16.4. The number of furan rings is 1. The van der Waals surface area contributed by atoms with Crippen LogP contribution in [0, 0.1) is 0 Å². The number of oxazole rings is 1. The molecule has 6 nitrogen and oxygen atoms in total. The third-order valence-corrected chi connectivity index (χ3v) is 10.2. The van der Waals surface area contributed by atoms with Gasteiger partial charge in [0.1, 0.15) is 5.58 Å². The largest absolute Gasteiger partial charge is 0.454 e. The second-order valence-corrected chi connectivity index (χ2v) is 13.4. The standard InChI is InChI=1S/C48H28N4O2/c1-3-13-30(14-4-1)45-50-46(31-15-5-2-6-16-31)52-47(51-45)42-36-20-9-7-18-34(36)41(35-19-8-10-21-37(35)42)29-23-25-32(26-24-29)48-49-43-40(54-48)28-27-38-33-17-11-12-22-39(33)53-44(38)43/h1-28H. The van der Waals surface area contributed by atoms with Gasteiger partial charge in [-0.15, -0.1) is 0 Å². The monoisotopic (exact) mass is 692 g/mol. The summed E-state index contributed by atoms with van der Waals surface area (Å²) in [5.74, 6) is 2.44. The summed E-state index contributed by atoms with van der Waals surface area (Å²) in [6, 6.07) is 57.8. The second-order valence-electron chi connectivity index (χ2n) is 13.4. The first kappa shape index (κ1) is 30.2. The molecule has 252 valence electrons. The van der Waals surface area contributed by atoms with Gasteiger partial charge in [0.25, 0.3) is 0 Å². The molecule has 6 heteroatoms. The summed E-state index contributed by atoms with van der Waals surface area (Å²) in [6.07, 6.45) is 0. The second kappa shape index (κ2) is 12.1. The number of nitrogens with zero attached hydrogens (tertiary/aromatic N) is 4. The van der Waals surface area contributed by atoms with Crippen molar-refractivity contribution in [3.8, 4) is 56.7 Å². The summed E-state index contributed by atoms with van der Waals surface area (Å²) in [5.41, 5.74) is 8.94. The van der Waals surface area contributed by atoms with Gasteiger partial charge in [-0.1, -0.05) is 140 Å². The first-order valence-electron chi connectivity index (χ1n) is 17.9. The zero-order chi connectivity index (χ0) is 35.6. The number of hydrogen-bond donors (Lipinski definition) is 0. The molecule has 0 N–H and O–H groups in total. The van der Waals surface area contributed by atoms with E-state index in [-0.39, 0.29) is 0 Å². The van der Waals surface area contributed by atoms with Gasteiger partial charge in [-0.25, -0.2) is 19.9 Å². The van der Waals surface area contributed by atoms with E-state index in [2.05, 4.69) is 78.9 Å². The van der Waals surface area contributed by atoms with Gasteiger partial charge in [-0.05, 0) is 63.0 Å². The summed E-state index contributed by atoms with van der Waals surface area (Å²) < 4.78 is 12.5. The van der Waals surface area contributed by atoms with Gasteiger partial charge in [0.2, 0.25) is 5.89 Å². The van der Waals surface area contributed by atoms with Crippen LogP contribution in [0.2, 0.25) is 0 Å². The van der Waals surface area contributed by atoms with E-state index in [9.17, 15) is 0 Å². The highest BCUT2D eigenvalue weighted by molar-refractivity contribution is 6.21. The van der Waals surface area contributed by atoms with Crippen LogP contribution in [0.1, 0.15) is 0 Å². The predicted octanol–water partition coefficient (Wildman–Crippen LogP) is 12.6. The van der Waals surface area contributed by atoms with E-state index < -0.39 is 0 Å². The van der Waals surface area contributed by atoms with E-state index in [1.54, 1.807) is 0 Å². The van der Waals surface area contributed by atoms with Crippen LogP contribution in [-0.2, 0) is 0 Å². The van der Waals surface area contributed by atoms with Gasteiger partial charge >= 0.3 is 0 Å². The van der Waals surface area contributed by atoms with Crippen molar-refractivity contribution >= 4 is 54.6 Å². The van der Waals surface area contributed by atoms with Gasteiger partial charge in [0.05, 0.1) is 0 Å². The predicted molar refractivity (Wildman–Crippen MR) is 217 cm³/mol. The minimum Gasteiger partial charge on any atom is -0.454 e. The number of benzene rings is 8. The summed E-state index contributed by atoms with van der Waals surface area (Å²) in [6.45, 7) is 0. The highest BCUT2D eigenvalue weighted by Gasteiger charge is 2.21. The smallest absolute Gasteiger partial charge is 0.227 e. The SMILES string of the molecule is c1ccc(-c2nc(-c3ccccc3)nc(-c3c4ccccc4c(-c4ccc(-c5nc6c(ccc7c8ccccc8oc76)o5)cc4)c4ccccc34)n2)cc1. The van der Waals surface area contributed by atoms with E-state index in [1.807, 2.05) is 91.0 Å². The fraction of sp³-hybridized carbons (Fsp3) is 0. The normalized spacial score (nSPS) is 11.7. The molecule has 54 heavy (non-hydrogen) atoms. The molecule has 0 spiro atoms. The van der Waals surface area contributed by atoms with E-state index in [0.29, 0.717) is 28.9 Å². The lowest BCUT2D eigenvalue weighted by Gasteiger charge is -2.17. The average molecular weight is 693 g/mol. The van der Waals surface area contributed by atoms with Crippen LogP contribution >= 0.6 is 0 Å². The van der Waals surface area contributed by atoms with Gasteiger partial charge < -0.3 is 8.83 Å². The molecule has 8 aromatic carbocycles. The van der Waals surface area contributed by atoms with E-state index >= 15 is 0 Å². The molecule has 0 aliphatic rings. The number of hydrogen-bond acceptors (Lipinski definition) is 6. The zero-order valence-corrected chi connectivity index (χ0v) is 28.8. The van der Waals surface area contributed by atoms with E-state index in [0.717, 1.165) is 82.4 Å². The van der Waals surface area contributed by atoms with Gasteiger partial charge in [-0.3, -0.25) is 0 Å².